The predicted molar refractivity (Wildman–Crippen MR) is 75.7 cm³/mol. The van der Waals surface area contributed by atoms with E-state index in [1.807, 2.05) is 0 Å². The van der Waals surface area contributed by atoms with Gasteiger partial charge in [-0.1, -0.05) is 6.92 Å². The van der Waals surface area contributed by atoms with E-state index in [0.29, 0.717) is 31.8 Å². The molecule has 0 atom stereocenters. The van der Waals surface area contributed by atoms with Crippen LogP contribution in [0.4, 0.5) is 4.79 Å². The Labute approximate surface area is 124 Å². The number of nitrogens with zero attached hydrogens (tertiary/aromatic N) is 1. The van der Waals surface area contributed by atoms with Crippen molar-refractivity contribution < 1.29 is 19.5 Å². The van der Waals surface area contributed by atoms with Crippen molar-refractivity contribution in [1.29, 1.82) is 0 Å². The molecule has 3 N–H and O–H groups in total. The van der Waals surface area contributed by atoms with Crippen LogP contribution < -0.4 is 10.6 Å². The van der Waals surface area contributed by atoms with Crippen molar-refractivity contribution in [2.75, 3.05) is 26.2 Å². The topological polar surface area (TPSA) is 98.7 Å². The van der Waals surface area contributed by atoms with Gasteiger partial charge in [-0.15, -0.1) is 0 Å². The van der Waals surface area contributed by atoms with E-state index in [-0.39, 0.29) is 25.0 Å². The largest absolute Gasteiger partial charge is 0.481 e. The number of hydrogen-bond donors (Lipinski definition) is 3. The summed E-state index contributed by atoms with van der Waals surface area (Å²) in [6.45, 7) is 3.17. The minimum atomic E-state index is -0.861. The third kappa shape index (κ3) is 3.65. The summed E-state index contributed by atoms with van der Waals surface area (Å²) in [6, 6.07) is -0.357. The van der Waals surface area contributed by atoms with Gasteiger partial charge in [0.25, 0.3) is 0 Å². The molecule has 0 aromatic heterocycles. The molecule has 1 aliphatic carbocycles. The first kappa shape index (κ1) is 15.6. The van der Waals surface area contributed by atoms with Crippen LogP contribution in [0.1, 0.15) is 32.6 Å². The molecule has 118 valence electrons. The maximum absolute atomic E-state index is 12.1. The molecule has 0 radical (unpaired) electrons. The summed E-state index contributed by atoms with van der Waals surface area (Å²) in [5.41, 5.74) is -0.861. The zero-order valence-corrected chi connectivity index (χ0v) is 12.4. The van der Waals surface area contributed by atoms with Crippen LogP contribution in [0.15, 0.2) is 0 Å². The molecular weight excluding hydrogens is 274 g/mol. The third-order valence-corrected chi connectivity index (χ3v) is 4.59. The maximum Gasteiger partial charge on any atom is 0.317 e. The number of urea groups is 1. The Balaban J connectivity index is 1.91. The van der Waals surface area contributed by atoms with Crippen molar-refractivity contribution >= 4 is 17.9 Å². The van der Waals surface area contributed by atoms with E-state index in [2.05, 4.69) is 17.6 Å². The Kier molecular flexibility index (Phi) is 4.69. The second kappa shape index (κ2) is 6.32. The monoisotopic (exact) mass is 297 g/mol. The van der Waals surface area contributed by atoms with Crippen LogP contribution in [0.3, 0.4) is 0 Å². The van der Waals surface area contributed by atoms with E-state index in [1.165, 1.54) is 4.90 Å². The van der Waals surface area contributed by atoms with Crippen LogP contribution in [0, 0.1) is 11.3 Å². The first-order chi connectivity index (χ1) is 9.93. The van der Waals surface area contributed by atoms with Gasteiger partial charge in [0, 0.05) is 19.6 Å². The molecule has 0 aromatic rings. The van der Waals surface area contributed by atoms with Crippen LogP contribution in [0.5, 0.6) is 0 Å². The molecule has 2 rings (SSSR count). The van der Waals surface area contributed by atoms with Gasteiger partial charge >= 0.3 is 12.0 Å². The lowest BCUT2D eigenvalue weighted by molar-refractivity contribution is -0.151. The van der Waals surface area contributed by atoms with E-state index in [1.54, 1.807) is 0 Å². The molecule has 2 aliphatic rings. The Morgan fingerprint density at radius 2 is 2.10 bits per heavy atom. The van der Waals surface area contributed by atoms with Gasteiger partial charge in [-0.2, -0.15) is 0 Å². The highest BCUT2D eigenvalue weighted by Crippen LogP contribution is 2.38. The smallest absolute Gasteiger partial charge is 0.317 e. The molecule has 2 fully saturated rings. The number of amides is 3. The molecular formula is C14H23N3O4. The Morgan fingerprint density at radius 1 is 1.43 bits per heavy atom. The highest BCUT2D eigenvalue weighted by atomic mass is 16.4. The average Bonchev–Trinajstić information content (AvgIpc) is 2.46. The number of hydrogen-bond acceptors (Lipinski definition) is 3. The summed E-state index contributed by atoms with van der Waals surface area (Å²) >= 11 is 0. The SMILES string of the molecule is CC1CCC(CNC(=O)N2CCNC(=O)C2)(C(=O)O)CC1. The Bertz CT molecular complexity index is 430. The normalized spacial score (nSPS) is 29.7. The van der Waals surface area contributed by atoms with Gasteiger partial charge in [0.05, 0.1) is 5.41 Å². The zero-order chi connectivity index (χ0) is 15.5. The molecule has 1 heterocycles. The number of carboxylic acid groups (broad SMARTS) is 1. The van der Waals surface area contributed by atoms with Gasteiger partial charge in [0.2, 0.25) is 5.91 Å². The maximum atomic E-state index is 12.1. The standard InChI is InChI=1S/C14H23N3O4/c1-10-2-4-14(5-3-10,12(19)20)9-16-13(21)17-7-6-15-11(18)8-17/h10H,2-9H2,1H3,(H,15,18)(H,16,21)(H,19,20). The van der Waals surface area contributed by atoms with Gasteiger partial charge in [-0.25, -0.2) is 4.79 Å². The first-order valence-electron chi connectivity index (χ1n) is 7.46. The van der Waals surface area contributed by atoms with Crippen LogP contribution in [0.2, 0.25) is 0 Å². The second-order valence-corrected chi connectivity index (χ2v) is 6.20. The van der Waals surface area contributed by atoms with Gasteiger partial charge in [0.1, 0.15) is 6.54 Å². The van der Waals surface area contributed by atoms with Crippen molar-refractivity contribution in [2.45, 2.75) is 32.6 Å². The summed E-state index contributed by atoms with van der Waals surface area (Å²) in [7, 11) is 0. The molecule has 3 amide bonds. The average molecular weight is 297 g/mol. The van der Waals surface area contributed by atoms with Gasteiger partial charge in [-0.3, -0.25) is 9.59 Å². The Hall–Kier alpha value is -1.79. The minimum absolute atomic E-state index is 0.0307. The summed E-state index contributed by atoms with van der Waals surface area (Å²) in [4.78, 5) is 36.3. The van der Waals surface area contributed by atoms with Gasteiger partial charge < -0.3 is 20.6 Å². The summed E-state index contributed by atoms with van der Waals surface area (Å²) in [6.07, 6.45) is 2.91. The summed E-state index contributed by atoms with van der Waals surface area (Å²) in [5.74, 6) is -0.485. The molecule has 0 spiro atoms. The van der Waals surface area contributed by atoms with Gasteiger partial charge in [-0.05, 0) is 31.6 Å². The number of carbonyl (C=O) groups excluding carboxylic acids is 2. The Morgan fingerprint density at radius 3 is 2.67 bits per heavy atom. The number of nitrogens with one attached hydrogen (secondary N) is 2. The highest BCUT2D eigenvalue weighted by Gasteiger charge is 2.41. The fourth-order valence-corrected chi connectivity index (χ4v) is 2.95. The molecule has 7 heteroatoms. The van der Waals surface area contributed by atoms with Crippen molar-refractivity contribution in [2.24, 2.45) is 11.3 Å². The lowest BCUT2D eigenvalue weighted by Gasteiger charge is -2.36. The van der Waals surface area contributed by atoms with E-state index in [0.717, 1.165) is 12.8 Å². The van der Waals surface area contributed by atoms with Crippen molar-refractivity contribution in [3.8, 4) is 0 Å². The van der Waals surface area contributed by atoms with E-state index in [4.69, 9.17) is 0 Å². The molecule has 21 heavy (non-hydrogen) atoms. The summed E-state index contributed by atoms with van der Waals surface area (Å²) in [5, 5.41) is 14.9. The molecule has 0 unspecified atom stereocenters. The fraction of sp³-hybridized carbons (Fsp3) is 0.786. The van der Waals surface area contributed by atoms with Crippen LogP contribution in [-0.4, -0.2) is 54.1 Å². The van der Waals surface area contributed by atoms with E-state index < -0.39 is 11.4 Å². The molecule has 7 nitrogen and oxygen atoms in total. The number of aliphatic carboxylic acids is 1. The van der Waals surface area contributed by atoms with E-state index in [9.17, 15) is 19.5 Å². The molecule has 0 aromatic carbocycles. The van der Waals surface area contributed by atoms with Crippen molar-refractivity contribution in [3.63, 3.8) is 0 Å². The lowest BCUT2D eigenvalue weighted by Crippen LogP contribution is -2.55. The van der Waals surface area contributed by atoms with Crippen LogP contribution >= 0.6 is 0 Å². The second-order valence-electron chi connectivity index (χ2n) is 6.20. The first-order valence-corrected chi connectivity index (χ1v) is 7.46. The number of carbonyl (C=O) groups is 3. The highest BCUT2D eigenvalue weighted by molar-refractivity contribution is 5.85. The van der Waals surface area contributed by atoms with Crippen molar-refractivity contribution in [3.05, 3.63) is 0 Å². The van der Waals surface area contributed by atoms with Crippen molar-refractivity contribution in [1.82, 2.24) is 15.5 Å². The van der Waals surface area contributed by atoms with Crippen LogP contribution in [-0.2, 0) is 9.59 Å². The third-order valence-electron chi connectivity index (χ3n) is 4.59. The number of rotatable bonds is 3. The minimum Gasteiger partial charge on any atom is -0.481 e. The fourth-order valence-electron chi connectivity index (χ4n) is 2.95. The van der Waals surface area contributed by atoms with Crippen LogP contribution in [0.25, 0.3) is 0 Å². The quantitative estimate of drug-likeness (QED) is 0.702. The lowest BCUT2D eigenvalue weighted by atomic mass is 9.71. The zero-order valence-electron chi connectivity index (χ0n) is 12.4. The molecule has 0 bridgehead atoms. The molecule has 1 saturated heterocycles. The molecule has 1 aliphatic heterocycles. The number of piperazine rings is 1. The summed E-state index contributed by atoms with van der Waals surface area (Å²) < 4.78 is 0. The predicted octanol–water partition coefficient (Wildman–Crippen LogP) is 0.409. The molecule has 1 saturated carbocycles. The number of carboxylic acids is 1. The van der Waals surface area contributed by atoms with Gasteiger partial charge in [0.15, 0.2) is 0 Å². The van der Waals surface area contributed by atoms with E-state index >= 15 is 0 Å².